The normalized spacial score (nSPS) is 19.4. The minimum Gasteiger partial charge on any atom is -0.382 e. The van der Waals surface area contributed by atoms with Gasteiger partial charge in [-0.1, -0.05) is 13.8 Å². The van der Waals surface area contributed by atoms with E-state index in [9.17, 15) is 0 Å². The predicted octanol–water partition coefficient (Wildman–Crippen LogP) is 2.37. The van der Waals surface area contributed by atoms with Gasteiger partial charge in [0.1, 0.15) is 5.82 Å². The number of likely N-dealkylation sites (tertiary alicyclic amines) is 1. The molecule has 1 aromatic rings. The SMILES string of the molecule is CCC1(CC)CCN(CCCn2ccc(N)n2)C1. The zero-order chi connectivity index (χ0) is 13.0. The summed E-state index contributed by atoms with van der Waals surface area (Å²) >= 11 is 0. The Balaban J connectivity index is 1.72. The first-order valence-corrected chi connectivity index (χ1v) is 7.19. The number of aromatic nitrogens is 2. The fourth-order valence-electron chi connectivity index (χ4n) is 3.00. The number of rotatable bonds is 6. The Hall–Kier alpha value is -1.03. The number of anilines is 1. The summed E-state index contributed by atoms with van der Waals surface area (Å²) in [6.07, 6.45) is 7.12. The second kappa shape index (κ2) is 5.74. The van der Waals surface area contributed by atoms with E-state index < -0.39 is 0 Å². The molecular weight excluding hydrogens is 224 g/mol. The maximum atomic E-state index is 5.60. The molecule has 102 valence electrons. The highest BCUT2D eigenvalue weighted by Gasteiger charge is 2.34. The van der Waals surface area contributed by atoms with E-state index in [1.54, 1.807) is 0 Å². The van der Waals surface area contributed by atoms with Crippen molar-refractivity contribution in [3.05, 3.63) is 12.3 Å². The van der Waals surface area contributed by atoms with E-state index in [1.807, 2.05) is 16.9 Å². The van der Waals surface area contributed by atoms with Crippen LogP contribution >= 0.6 is 0 Å². The third kappa shape index (κ3) is 3.05. The minimum absolute atomic E-state index is 0.593. The zero-order valence-electron chi connectivity index (χ0n) is 11.7. The average Bonchev–Trinajstić information content (AvgIpc) is 2.97. The van der Waals surface area contributed by atoms with Gasteiger partial charge in [-0.3, -0.25) is 4.68 Å². The van der Waals surface area contributed by atoms with Crippen LogP contribution in [0.2, 0.25) is 0 Å². The number of nitrogens with two attached hydrogens (primary N) is 1. The van der Waals surface area contributed by atoms with Gasteiger partial charge in [0.25, 0.3) is 0 Å². The average molecular weight is 250 g/mol. The lowest BCUT2D eigenvalue weighted by Crippen LogP contribution is -2.27. The van der Waals surface area contributed by atoms with Gasteiger partial charge in [0, 0.05) is 19.3 Å². The monoisotopic (exact) mass is 250 g/mol. The van der Waals surface area contributed by atoms with E-state index in [4.69, 9.17) is 5.73 Å². The topological polar surface area (TPSA) is 47.1 Å². The Labute approximate surface area is 110 Å². The molecule has 1 fully saturated rings. The van der Waals surface area contributed by atoms with Crippen LogP contribution in [-0.2, 0) is 6.54 Å². The molecule has 0 unspecified atom stereocenters. The van der Waals surface area contributed by atoms with Crippen molar-refractivity contribution in [3.63, 3.8) is 0 Å². The van der Waals surface area contributed by atoms with E-state index in [0.29, 0.717) is 11.2 Å². The number of hydrogen-bond acceptors (Lipinski definition) is 3. The molecule has 18 heavy (non-hydrogen) atoms. The molecule has 0 radical (unpaired) electrons. The van der Waals surface area contributed by atoms with Crippen LogP contribution in [0.1, 0.15) is 39.5 Å². The van der Waals surface area contributed by atoms with E-state index in [2.05, 4.69) is 23.8 Å². The van der Waals surface area contributed by atoms with Gasteiger partial charge in [-0.15, -0.1) is 0 Å². The fraction of sp³-hybridized carbons (Fsp3) is 0.786. The number of hydrogen-bond donors (Lipinski definition) is 1. The summed E-state index contributed by atoms with van der Waals surface area (Å²) < 4.78 is 1.94. The molecule has 2 rings (SSSR count). The predicted molar refractivity (Wildman–Crippen MR) is 75.3 cm³/mol. The highest BCUT2D eigenvalue weighted by atomic mass is 15.3. The van der Waals surface area contributed by atoms with Gasteiger partial charge in [-0.05, 0) is 50.3 Å². The largest absolute Gasteiger partial charge is 0.382 e. The molecule has 4 heteroatoms. The van der Waals surface area contributed by atoms with Crippen LogP contribution < -0.4 is 5.73 Å². The molecule has 1 aromatic heterocycles. The van der Waals surface area contributed by atoms with Crippen LogP contribution in [0, 0.1) is 5.41 Å². The molecule has 0 aliphatic carbocycles. The highest BCUT2D eigenvalue weighted by molar-refractivity contribution is 5.23. The van der Waals surface area contributed by atoms with Crippen molar-refractivity contribution in [1.29, 1.82) is 0 Å². The minimum atomic E-state index is 0.593. The second-order valence-electron chi connectivity index (χ2n) is 5.59. The maximum absolute atomic E-state index is 5.60. The first kappa shape index (κ1) is 13.4. The molecular formula is C14H26N4. The lowest BCUT2D eigenvalue weighted by molar-refractivity contribution is 0.236. The summed E-state index contributed by atoms with van der Waals surface area (Å²) in [5.74, 6) is 0.618. The molecule has 1 saturated heterocycles. The van der Waals surface area contributed by atoms with Crippen LogP contribution in [-0.4, -0.2) is 34.3 Å². The molecule has 0 atom stereocenters. The quantitative estimate of drug-likeness (QED) is 0.843. The fourth-order valence-corrected chi connectivity index (χ4v) is 3.00. The van der Waals surface area contributed by atoms with Crippen LogP contribution in [0.3, 0.4) is 0 Å². The molecule has 2 heterocycles. The van der Waals surface area contributed by atoms with E-state index >= 15 is 0 Å². The van der Waals surface area contributed by atoms with Crippen molar-refractivity contribution in [1.82, 2.24) is 14.7 Å². The summed E-state index contributed by atoms with van der Waals surface area (Å²) in [5.41, 5.74) is 6.20. The Morgan fingerprint density at radius 1 is 1.33 bits per heavy atom. The van der Waals surface area contributed by atoms with Crippen LogP contribution in [0.5, 0.6) is 0 Å². The molecule has 1 aliphatic rings. The van der Waals surface area contributed by atoms with E-state index in [-0.39, 0.29) is 0 Å². The van der Waals surface area contributed by atoms with Crippen LogP contribution in [0.4, 0.5) is 5.82 Å². The Bertz CT molecular complexity index is 368. The molecule has 0 amide bonds. The lowest BCUT2D eigenvalue weighted by Gasteiger charge is -2.26. The molecule has 1 aliphatic heterocycles. The van der Waals surface area contributed by atoms with Gasteiger partial charge in [0.15, 0.2) is 0 Å². The number of nitrogen functional groups attached to an aromatic ring is 1. The smallest absolute Gasteiger partial charge is 0.145 e. The van der Waals surface area contributed by atoms with Crippen molar-refractivity contribution < 1.29 is 0 Å². The summed E-state index contributed by atoms with van der Waals surface area (Å²) in [7, 11) is 0. The summed E-state index contributed by atoms with van der Waals surface area (Å²) in [4.78, 5) is 2.61. The van der Waals surface area contributed by atoms with Gasteiger partial charge in [0.05, 0.1) is 0 Å². The third-order valence-electron chi connectivity index (χ3n) is 4.54. The van der Waals surface area contributed by atoms with Gasteiger partial charge < -0.3 is 10.6 Å². The lowest BCUT2D eigenvalue weighted by atomic mass is 9.82. The Morgan fingerprint density at radius 3 is 2.67 bits per heavy atom. The van der Waals surface area contributed by atoms with Gasteiger partial charge in [-0.2, -0.15) is 5.10 Å². The Morgan fingerprint density at radius 2 is 2.11 bits per heavy atom. The standard InChI is InChI=1S/C14H26N4/c1-3-14(4-2)7-11-17(12-14)8-5-9-18-10-6-13(15)16-18/h6,10H,3-5,7-9,11-12H2,1-2H3,(H2,15,16). The number of aryl methyl sites for hydroxylation is 1. The molecule has 0 spiro atoms. The van der Waals surface area contributed by atoms with Gasteiger partial charge in [-0.25, -0.2) is 0 Å². The molecule has 2 N–H and O–H groups in total. The van der Waals surface area contributed by atoms with Crippen LogP contribution in [0.25, 0.3) is 0 Å². The summed E-state index contributed by atoms with van der Waals surface area (Å²) in [5, 5.41) is 4.21. The van der Waals surface area contributed by atoms with Gasteiger partial charge in [0.2, 0.25) is 0 Å². The molecule has 0 bridgehead atoms. The number of nitrogens with zero attached hydrogens (tertiary/aromatic N) is 3. The summed E-state index contributed by atoms with van der Waals surface area (Å²) in [6.45, 7) is 9.36. The van der Waals surface area contributed by atoms with Crippen molar-refractivity contribution in [2.24, 2.45) is 5.41 Å². The van der Waals surface area contributed by atoms with Gasteiger partial charge >= 0.3 is 0 Å². The molecule has 4 nitrogen and oxygen atoms in total. The van der Waals surface area contributed by atoms with E-state index in [1.165, 1.54) is 38.9 Å². The molecule has 0 aromatic carbocycles. The zero-order valence-corrected chi connectivity index (χ0v) is 11.7. The Kier molecular flexibility index (Phi) is 4.27. The first-order valence-electron chi connectivity index (χ1n) is 7.19. The first-order chi connectivity index (χ1) is 8.67. The van der Waals surface area contributed by atoms with Crippen LogP contribution in [0.15, 0.2) is 12.3 Å². The molecule has 0 saturated carbocycles. The van der Waals surface area contributed by atoms with Crippen molar-refractivity contribution in [3.8, 4) is 0 Å². The maximum Gasteiger partial charge on any atom is 0.145 e. The van der Waals surface area contributed by atoms with Crippen molar-refractivity contribution >= 4 is 5.82 Å². The highest BCUT2D eigenvalue weighted by Crippen LogP contribution is 2.36. The van der Waals surface area contributed by atoms with E-state index in [0.717, 1.165) is 13.0 Å². The van der Waals surface area contributed by atoms with Crippen molar-refractivity contribution in [2.75, 3.05) is 25.4 Å². The van der Waals surface area contributed by atoms with Crippen molar-refractivity contribution in [2.45, 2.75) is 46.1 Å². The second-order valence-corrected chi connectivity index (χ2v) is 5.59. The third-order valence-corrected chi connectivity index (χ3v) is 4.54. The summed E-state index contributed by atoms with van der Waals surface area (Å²) in [6, 6.07) is 1.86.